The van der Waals surface area contributed by atoms with E-state index in [0.717, 1.165) is 17.6 Å². The number of carbonyl (C=O) groups excluding carboxylic acids is 2. The normalized spacial score (nSPS) is 28.1. The molecule has 0 spiro atoms. The monoisotopic (exact) mass is 194 g/mol. The lowest BCUT2D eigenvalue weighted by Gasteiger charge is -2.34. The van der Waals surface area contributed by atoms with Gasteiger partial charge < -0.3 is 0 Å². The third-order valence-electron chi connectivity index (χ3n) is 3.52. The molecule has 14 heavy (non-hydrogen) atoms. The Morgan fingerprint density at radius 3 is 2.50 bits per heavy atom. The first-order chi connectivity index (χ1) is 6.43. The Morgan fingerprint density at radius 2 is 2.07 bits per heavy atom. The van der Waals surface area contributed by atoms with Crippen LogP contribution < -0.4 is 0 Å². The molecule has 0 bridgehead atoms. The second-order valence-electron chi connectivity index (χ2n) is 4.27. The highest BCUT2D eigenvalue weighted by atomic mass is 16.1. The van der Waals surface area contributed by atoms with Gasteiger partial charge in [0.1, 0.15) is 5.78 Å². The highest BCUT2D eigenvalue weighted by Gasteiger charge is 2.38. The second kappa shape index (κ2) is 3.68. The number of allylic oxidation sites excluding steroid dienone is 2. The van der Waals surface area contributed by atoms with Gasteiger partial charge in [-0.25, -0.2) is 0 Å². The minimum absolute atomic E-state index is 0.182. The molecule has 0 aliphatic heterocycles. The lowest BCUT2D eigenvalue weighted by atomic mass is 9.68. The summed E-state index contributed by atoms with van der Waals surface area (Å²) in [4.78, 5) is 23.1. The predicted molar refractivity (Wildman–Crippen MR) is 56.0 cm³/mol. The molecular weight excluding hydrogens is 176 g/mol. The molecule has 1 aliphatic rings. The second-order valence-corrected chi connectivity index (χ2v) is 4.27. The molecule has 0 amide bonds. The Hall–Kier alpha value is -0.920. The molecule has 0 aromatic rings. The molecule has 2 nitrogen and oxygen atoms in total. The van der Waals surface area contributed by atoms with E-state index in [9.17, 15) is 9.59 Å². The van der Waals surface area contributed by atoms with E-state index in [2.05, 4.69) is 0 Å². The molecule has 0 aromatic heterocycles. The number of hydrogen-bond acceptors (Lipinski definition) is 2. The fourth-order valence-electron chi connectivity index (χ4n) is 2.33. The number of carbonyl (C=O) groups is 2. The predicted octanol–water partition coefficient (Wildman–Crippen LogP) is 2.67. The van der Waals surface area contributed by atoms with E-state index in [1.165, 1.54) is 0 Å². The van der Waals surface area contributed by atoms with Crippen molar-refractivity contribution in [2.24, 2.45) is 5.41 Å². The van der Waals surface area contributed by atoms with E-state index >= 15 is 0 Å². The maximum atomic E-state index is 11.6. The van der Waals surface area contributed by atoms with Crippen LogP contribution in [0.2, 0.25) is 0 Å². The summed E-state index contributed by atoms with van der Waals surface area (Å²) in [7, 11) is 0. The molecule has 0 unspecified atom stereocenters. The van der Waals surface area contributed by atoms with Gasteiger partial charge in [-0.3, -0.25) is 9.59 Å². The van der Waals surface area contributed by atoms with Gasteiger partial charge in [-0.1, -0.05) is 12.5 Å². The maximum Gasteiger partial charge on any atom is 0.158 e. The minimum atomic E-state index is -0.382. The molecule has 0 heterocycles. The molecule has 1 atom stereocenters. The molecule has 0 saturated carbocycles. The van der Waals surface area contributed by atoms with Gasteiger partial charge in [0.05, 0.1) is 0 Å². The van der Waals surface area contributed by atoms with Gasteiger partial charge in [-0.15, -0.1) is 0 Å². The lowest BCUT2D eigenvalue weighted by molar-refractivity contribution is -0.125. The van der Waals surface area contributed by atoms with E-state index in [4.69, 9.17) is 0 Å². The fourth-order valence-corrected chi connectivity index (χ4v) is 2.33. The molecular formula is C12H18O2. The number of rotatable bonds is 2. The Bertz CT molecular complexity index is 312. The Kier molecular flexibility index (Phi) is 2.93. The molecule has 1 rings (SSSR count). The van der Waals surface area contributed by atoms with Crippen molar-refractivity contribution in [2.75, 3.05) is 0 Å². The van der Waals surface area contributed by atoms with E-state index < -0.39 is 0 Å². The van der Waals surface area contributed by atoms with Crippen molar-refractivity contribution in [3.63, 3.8) is 0 Å². The molecule has 1 aliphatic carbocycles. The molecule has 0 radical (unpaired) electrons. The van der Waals surface area contributed by atoms with Crippen molar-refractivity contribution >= 4 is 11.6 Å². The van der Waals surface area contributed by atoms with Crippen LogP contribution in [0.1, 0.15) is 47.0 Å². The van der Waals surface area contributed by atoms with E-state index in [1.54, 1.807) is 6.92 Å². The van der Waals surface area contributed by atoms with Crippen molar-refractivity contribution < 1.29 is 9.59 Å². The van der Waals surface area contributed by atoms with Gasteiger partial charge in [0.2, 0.25) is 0 Å². The Balaban J connectivity index is 3.24. The van der Waals surface area contributed by atoms with Gasteiger partial charge in [0.15, 0.2) is 5.78 Å². The van der Waals surface area contributed by atoms with Crippen molar-refractivity contribution in [1.29, 1.82) is 0 Å². The zero-order valence-corrected chi connectivity index (χ0v) is 9.44. The molecule has 2 heteroatoms. The van der Waals surface area contributed by atoms with Gasteiger partial charge >= 0.3 is 0 Å². The van der Waals surface area contributed by atoms with Crippen molar-refractivity contribution in [1.82, 2.24) is 0 Å². The molecule has 78 valence electrons. The van der Waals surface area contributed by atoms with Crippen molar-refractivity contribution in [2.45, 2.75) is 47.0 Å². The number of hydrogen-bond donors (Lipinski definition) is 0. The summed E-state index contributed by atoms with van der Waals surface area (Å²) in [5.74, 6) is 0.391. The molecule has 0 saturated heterocycles. The average molecular weight is 194 g/mol. The summed E-state index contributed by atoms with van der Waals surface area (Å²) in [6.07, 6.45) is 2.00. The fraction of sp³-hybridized carbons (Fsp3) is 0.667. The van der Waals surface area contributed by atoms with Crippen LogP contribution in [0.4, 0.5) is 0 Å². The van der Waals surface area contributed by atoms with E-state index in [0.29, 0.717) is 12.8 Å². The van der Waals surface area contributed by atoms with Crippen LogP contribution in [0.3, 0.4) is 0 Å². The minimum Gasteiger partial charge on any atom is -0.299 e. The third kappa shape index (κ3) is 1.54. The third-order valence-corrected chi connectivity index (χ3v) is 3.52. The van der Waals surface area contributed by atoms with Crippen LogP contribution in [0, 0.1) is 5.41 Å². The van der Waals surface area contributed by atoms with Gasteiger partial charge in [-0.2, -0.15) is 0 Å². The molecule has 0 aromatic carbocycles. The molecule has 0 fully saturated rings. The first kappa shape index (κ1) is 11.2. The van der Waals surface area contributed by atoms with Crippen LogP contribution in [0.5, 0.6) is 0 Å². The van der Waals surface area contributed by atoms with Crippen molar-refractivity contribution in [3.05, 3.63) is 11.1 Å². The smallest absolute Gasteiger partial charge is 0.158 e. The van der Waals surface area contributed by atoms with Crippen LogP contribution in [-0.2, 0) is 9.59 Å². The van der Waals surface area contributed by atoms with E-state index in [-0.39, 0.29) is 17.0 Å². The zero-order valence-electron chi connectivity index (χ0n) is 9.44. The largest absolute Gasteiger partial charge is 0.299 e. The first-order valence-electron chi connectivity index (χ1n) is 5.18. The topological polar surface area (TPSA) is 34.1 Å². The zero-order chi connectivity index (χ0) is 10.9. The summed E-state index contributed by atoms with van der Waals surface area (Å²) < 4.78 is 0. The quantitative estimate of drug-likeness (QED) is 0.677. The summed E-state index contributed by atoms with van der Waals surface area (Å²) in [6.45, 7) is 7.45. The molecule has 0 N–H and O–H groups in total. The summed E-state index contributed by atoms with van der Waals surface area (Å²) >= 11 is 0. The number of Topliss-reactive ketones (excluding diaryl/α,β-unsaturated/α-hetero) is 2. The average Bonchev–Trinajstić information content (AvgIpc) is 2.13. The van der Waals surface area contributed by atoms with Crippen LogP contribution in [-0.4, -0.2) is 11.6 Å². The Morgan fingerprint density at radius 1 is 1.50 bits per heavy atom. The van der Waals surface area contributed by atoms with Crippen LogP contribution in [0.25, 0.3) is 0 Å². The van der Waals surface area contributed by atoms with Gasteiger partial charge in [0, 0.05) is 11.8 Å². The van der Waals surface area contributed by atoms with Crippen LogP contribution >= 0.6 is 0 Å². The highest BCUT2D eigenvalue weighted by molar-refractivity contribution is 6.00. The summed E-state index contributed by atoms with van der Waals surface area (Å²) in [6, 6.07) is 0. The Labute approximate surface area is 85.4 Å². The highest BCUT2D eigenvalue weighted by Crippen LogP contribution is 2.41. The summed E-state index contributed by atoms with van der Waals surface area (Å²) in [5.41, 5.74) is 1.48. The first-order valence-corrected chi connectivity index (χ1v) is 5.18. The van der Waals surface area contributed by atoms with E-state index in [1.807, 2.05) is 20.8 Å². The lowest BCUT2D eigenvalue weighted by Crippen LogP contribution is -2.33. The van der Waals surface area contributed by atoms with Gasteiger partial charge in [0.25, 0.3) is 0 Å². The standard InChI is InChI=1S/C12H18O2/c1-5-10-8(2)11(14)6-7-12(10,4)9(3)13/h5-7H2,1-4H3/t12-/m0/s1. The van der Waals surface area contributed by atoms with Crippen LogP contribution in [0.15, 0.2) is 11.1 Å². The number of ketones is 2. The van der Waals surface area contributed by atoms with Crippen molar-refractivity contribution in [3.8, 4) is 0 Å². The van der Waals surface area contributed by atoms with Gasteiger partial charge in [-0.05, 0) is 39.2 Å². The SMILES string of the molecule is CCC1=C(C)C(=O)CC[C@@]1(C)C(C)=O. The summed E-state index contributed by atoms with van der Waals surface area (Å²) in [5, 5.41) is 0. The maximum absolute atomic E-state index is 11.6.